The summed E-state index contributed by atoms with van der Waals surface area (Å²) in [5.74, 6) is -3.84. The number of carbonyl (C=O) groups excluding carboxylic acids is 1. The number of hydrogen-bond donors (Lipinski definition) is 2. The van der Waals surface area contributed by atoms with Crippen LogP contribution in [-0.2, 0) is 4.79 Å². The second kappa shape index (κ2) is 6.69. The van der Waals surface area contributed by atoms with Gasteiger partial charge in [0.05, 0.1) is 12.2 Å². The maximum Gasteiger partial charge on any atom is 0.243 e. The molecule has 1 aliphatic heterocycles. The van der Waals surface area contributed by atoms with Crippen molar-refractivity contribution in [2.75, 3.05) is 30.4 Å². The number of benzene rings is 2. The first kappa shape index (κ1) is 16.0. The van der Waals surface area contributed by atoms with E-state index in [1.807, 2.05) is 0 Å². The highest BCUT2D eigenvalue weighted by Crippen LogP contribution is 2.32. The number of fused-ring (bicyclic) bond motifs is 1. The van der Waals surface area contributed by atoms with E-state index in [1.54, 1.807) is 18.2 Å². The SMILES string of the molecule is O=C(CNc1ccc2c(c1)OCCO2)Nc1ccc(F)c(F)c1F. The van der Waals surface area contributed by atoms with Crippen LogP contribution in [0.3, 0.4) is 0 Å². The molecule has 2 aromatic carbocycles. The Morgan fingerprint density at radius 2 is 1.75 bits per heavy atom. The minimum absolute atomic E-state index is 0.196. The molecule has 5 nitrogen and oxygen atoms in total. The molecule has 1 amide bonds. The highest BCUT2D eigenvalue weighted by Gasteiger charge is 2.16. The van der Waals surface area contributed by atoms with Crippen LogP contribution in [0, 0.1) is 17.5 Å². The Bertz CT molecular complexity index is 783. The lowest BCUT2D eigenvalue weighted by Gasteiger charge is -2.19. The van der Waals surface area contributed by atoms with Crippen molar-refractivity contribution in [3.8, 4) is 11.5 Å². The first-order valence-corrected chi connectivity index (χ1v) is 7.11. The minimum atomic E-state index is -1.63. The largest absolute Gasteiger partial charge is 0.486 e. The van der Waals surface area contributed by atoms with E-state index < -0.39 is 29.0 Å². The number of carbonyl (C=O) groups is 1. The van der Waals surface area contributed by atoms with Crippen molar-refractivity contribution in [2.24, 2.45) is 0 Å². The predicted molar refractivity (Wildman–Crippen MR) is 80.9 cm³/mol. The highest BCUT2D eigenvalue weighted by atomic mass is 19.2. The first-order valence-electron chi connectivity index (χ1n) is 7.11. The van der Waals surface area contributed by atoms with E-state index in [0.29, 0.717) is 30.4 Å². The van der Waals surface area contributed by atoms with Gasteiger partial charge in [-0.15, -0.1) is 0 Å². The summed E-state index contributed by atoms with van der Waals surface area (Å²) in [6, 6.07) is 6.75. The lowest BCUT2D eigenvalue weighted by molar-refractivity contribution is -0.114. The van der Waals surface area contributed by atoms with E-state index in [9.17, 15) is 18.0 Å². The average molecular weight is 338 g/mol. The zero-order chi connectivity index (χ0) is 17.1. The summed E-state index contributed by atoms with van der Waals surface area (Å²) in [5, 5.41) is 4.99. The maximum atomic E-state index is 13.5. The first-order chi connectivity index (χ1) is 11.5. The van der Waals surface area contributed by atoms with E-state index in [2.05, 4.69) is 10.6 Å². The molecular weight excluding hydrogens is 325 g/mol. The molecule has 2 aromatic rings. The third kappa shape index (κ3) is 3.37. The number of hydrogen-bond acceptors (Lipinski definition) is 4. The summed E-state index contributed by atoms with van der Waals surface area (Å²) in [7, 11) is 0. The van der Waals surface area contributed by atoms with Crippen molar-refractivity contribution < 1.29 is 27.4 Å². The van der Waals surface area contributed by atoms with Gasteiger partial charge in [0.2, 0.25) is 5.91 Å². The van der Waals surface area contributed by atoms with Crippen molar-refractivity contribution in [3.63, 3.8) is 0 Å². The molecule has 0 radical (unpaired) electrons. The van der Waals surface area contributed by atoms with Gasteiger partial charge in [0.25, 0.3) is 0 Å². The molecular formula is C16H13F3N2O3. The monoisotopic (exact) mass is 338 g/mol. The quantitative estimate of drug-likeness (QED) is 0.842. The van der Waals surface area contributed by atoms with Crippen molar-refractivity contribution in [2.45, 2.75) is 0 Å². The molecule has 0 saturated carbocycles. The van der Waals surface area contributed by atoms with E-state index >= 15 is 0 Å². The second-order valence-corrected chi connectivity index (χ2v) is 4.98. The van der Waals surface area contributed by atoms with E-state index in [0.717, 1.165) is 12.1 Å². The zero-order valence-corrected chi connectivity index (χ0v) is 12.4. The molecule has 0 unspecified atom stereocenters. The lowest BCUT2D eigenvalue weighted by Crippen LogP contribution is -2.23. The van der Waals surface area contributed by atoms with Crippen LogP contribution in [-0.4, -0.2) is 25.7 Å². The van der Waals surface area contributed by atoms with E-state index in [-0.39, 0.29) is 6.54 Å². The van der Waals surface area contributed by atoms with Gasteiger partial charge in [-0.25, -0.2) is 13.2 Å². The van der Waals surface area contributed by atoms with Crippen LogP contribution in [0.2, 0.25) is 0 Å². The van der Waals surface area contributed by atoms with Crippen LogP contribution in [0.1, 0.15) is 0 Å². The van der Waals surface area contributed by atoms with Crippen LogP contribution < -0.4 is 20.1 Å². The zero-order valence-electron chi connectivity index (χ0n) is 12.4. The topological polar surface area (TPSA) is 59.6 Å². The third-order valence-electron chi connectivity index (χ3n) is 3.30. The summed E-state index contributed by atoms with van der Waals surface area (Å²) in [5.41, 5.74) is 0.169. The smallest absolute Gasteiger partial charge is 0.243 e. The molecule has 0 atom stereocenters. The molecule has 24 heavy (non-hydrogen) atoms. The van der Waals surface area contributed by atoms with Crippen LogP contribution >= 0.6 is 0 Å². The van der Waals surface area contributed by atoms with Crippen LogP contribution in [0.5, 0.6) is 11.5 Å². The molecule has 0 spiro atoms. The summed E-state index contributed by atoms with van der Waals surface area (Å²) >= 11 is 0. The molecule has 8 heteroatoms. The number of amides is 1. The minimum Gasteiger partial charge on any atom is -0.486 e. The van der Waals surface area contributed by atoms with Crippen molar-refractivity contribution >= 4 is 17.3 Å². The van der Waals surface area contributed by atoms with Gasteiger partial charge in [-0.05, 0) is 24.3 Å². The number of anilines is 2. The Balaban J connectivity index is 1.61. The van der Waals surface area contributed by atoms with Gasteiger partial charge in [0.15, 0.2) is 29.0 Å². The molecule has 3 rings (SSSR count). The number of halogens is 3. The fourth-order valence-electron chi connectivity index (χ4n) is 2.15. The van der Waals surface area contributed by atoms with E-state index in [1.165, 1.54) is 0 Å². The molecule has 0 fully saturated rings. The Hall–Kier alpha value is -2.90. The lowest BCUT2D eigenvalue weighted by atomic mass is 10.2. The molecule has 0 bridgehead atoms. The second-order valence-electron chi connectivity index (χ2n) is 4.98. The van der Waals surface area contributed by atoms with Gasteiger partial charge in [0, 0.05) is 11.8 Å². The molecule has 1 heterocycles. The molecule has 1 aliphatic rings. The van der Waals surface area contributed by atoms with Gasteiger partial charge in [0.1, 0.15) is 13.2 Å². The number of nitrogens with one attached hydrogen (secondary N) is 2. The molecule has 2 N–H and O–H groups in total. The van der Waals surface area contributed by atoms with Crippen LogP contribution in [0.15, 0.2) is 30.3 Å². The van der Waals surface area contributed by atoms with Crippen LogP contribution in [0.4, 0.5) is 24.5 Å². The maximum absolute atomic E-state index is 13.5. The fourth-order valence-corrected chi connectivity index (χ4v) is 2.15. The molecule has 126 valence electrons. The van der Waals surface area contributed by atoms with Gasteiger partial charge >= 0.3 is 0 Å². The van der Waals surface area contributed by atoms with Crippen molar-refractivity contribution in [1.82, 2.24) is 0 Å². The highest BCUT2D eigenvalue weighted by molar-refractivity contribution is 5.93. The number of rotatable bonds is 4. The van der Waals surface area contributed by atoms with Crippen molar-refractivity contribution in [3.05, 3.63) is 47.8 Å². The Morgan fingerprint density at radius 3 is 2.54 bits per heavy atom. The predicted octanol–water partition coefficient (Wildman–Crippen LogP) is 2.93. The molecule has 0 aromatic heterocycles. The summed E-state index contributed by atoms with van der Waals surface area (Å²) in [6.45, 7) is 0.715. The van der Waals surface area contributed by atoms with Gasteiger partial charge in [-0.3, -0.25) is 4.79 Å². The summed E-state index contributed by atoms with van der Waals surface area (Å²) in [4.78, 5) is 11.8. The normalized spacial score (nSPS) is 12.6. The van der Waals surface area contributed by atoms with E-state index in [4.69, 9.17) is 9.47 Å². The summed E-state index contributed by atoms with van der Waals surface area (Å²) in [6.07, 6.45) is 0. The van der Waals surface area contributed by atoms with Crippen molar-refractivity contribution in [1.29, 1.82) is 0 Å². The standard InChI is InChI=1S/C16H13F3N2O3/c17-10-2-3-11(16(19)15(10)18)21-14(22)8-20-9-1-4-12-13(7-9)24-6-5-23-12/h1-4,7,20H,5-6,8H2,(H,21,22). The summed E-state index contributed by atoms with van der Waals surface area (Å²) < 4.78 is 50.2. The van der Waals surface area contributed by atoms with Gasteiger partial charge in [-0.2, -0.15) is 0 Å². The Labute approximate surface area is 135 Å². The Kier molecular flexibility index (Phi) is 4.45. The van der Waals surface area contributed by atoms with Crippen LogP contribution in [0.25, 0.3) is 0 Å². The molecule has 0 aliphatic carbocycles. The van der Waals surface area contributed by atoms with Gasteiger partial charge in [-0.1, -0.05) is 0 Å². The molecule has 0 saturated heterocycles. The van der Waals surface area contributed by atoms with Gasteiger partial charge < -0.3 is 20.1 Å². The average Bonchev–Trinajstić information content (AvgIpc) is 2.60. The Morgan fingerprint density at radius 1 is 1.00 bits per heavy atom. The third-order valence-corrected chi connectivity index (χ3v) is 3.30. The fraction of sp³-hybridized carbons (Fsp3) is 0.188. The number of ether oxygens (including phenoxy) is 2.